The molecule has 1 aromatic rings. The average molecular weight is 266 g/mol. The van der Waals surface area contributed by atoms with Crippen molar-refractivity contribution in [3.63, 3.8) is 0 Å². The lowest BCUT2D eigenvalue weighted by Crippen LogP contribution is -2.38. The van der Waals surface area contributed by atoms with E-state index in [4.69, 9.17) is 5.73 Å². The van der Waals surface area contributed by atoms with Crippen molar-refractivity contribution in [3.8, 4) is 0 Å². The van der Waals surface area contributed by atoms with Gasteiger partial charge in [-0.3, -0.25) is 4.79 Å². The van der Waals surface area contributed by atoms with Crippen LogP contribution in [0, 0.1) is 0 Å². The molecule has 3 N–H and O–H groups in total. The van der Waals surface area contributed by atoms with Crippen LogP contribution < -0.4 is 11.1 Å². The minimum atomic E-state index is -0.453. The molecule has 3 nitrogen and oxygen atoms in total. The number of nitrogens with two attached hydrogens (primary N) is 1. The second kappa shape index (κ2) is 6.81. The Hall–Kier alpha value is -1.00. The van der Waals surface area contributed by atoms with Gasteiger partial charge in [0.05, 0.1) is 0 Å². The van der Waals surface area contributed by atoms with Crippen molar-refractivity contribution in [2.24, 2.45) is 5.73 Å². The van der Waals surface area contributed by atoms with E-state index in [1.807, 2.05) is 37.7 Å². The first-order valence-corrected chi connectivity index (χ1v) is 7.16. The molecule has 18 heavy (non-hydrogen) atoms. The van der Waals surface area contributed by atoms with E-state index in [0.717, 1.165) is 11.3 Å². The summed E-state index contributed by atoms with van der Waals surface area (Å²) < 4.78 is 0. The van der Waals surface area contributed by atoms with Crippen LogP contribution in [0.5, 0.6) is 0 Å². The van der Waals surface area contributed by atoms with Crippen LogP contribution in [0.15, 0.2) is 29.2 Å². The van der Waals surface area contributed by atoms with E-state index in [2.05, 4.69) is 24.4 Å². The summed E-state index contributed by atoms with van der Waals surface area (Å²) in [6.45, 7) is 6.39. The first kappa shape index (κ1) is 15.1. The first-order chi connectivity index (χ1) is 8.40. The third kappa shape index (κ3) is 6.07. The van der Waals surface area contributed by atoms with Crippen molar-refractivity contribution in [1.82, 2.24) is 5.32 Å². The molecule has 1 rings (SSSR count). The minimum Gasteiger partial charge on any atom is -0.352 e. The van der Waals surface area contributed by atoms with Crippen molar-refractivity contribution in [3.05, 3.63) is 29.8 Å². The van der Waals surface area contributed by atoms with Gasteiger partial charge in [0.25, 0.3) is 0 Å². The number of thioether (sulfide) groups is 1. The molecule has 0 heterocycles. The number of carbonyl (C=O) groups excluding carboxylic acids is 1. The Kier molecular flexibility index (Phi) is 5.69. The van der Waals surface area contributed by atoms with Crippen LogP contribution in [-0.2, 0) is 11.3 Å². The molecule has 0 fully saturated rings. The summed E-state index contributed by atoms with van der Waals surface area (Å²) >= 11 is 1.81. The number of hydrogen-bond acceptors (Lipinski definition) is 3. The lowest BCUT2D eigenvalue weighted by molar-refractivity contribution is -0.122. The van der Waals surface area contributed by atoms with Crippen LogP contribution in [0.3, 0.4) is 0 Å². The van der Waals surface area contributed by atoms with E-state index in [1.165, 1.54) is 4.90 Å². The molecular formula is C14H22N2OS. The van der Waals surface area contributed by atoms with Gasteiger partial charge in [0.1, 0.15) is 0 Å². The Morgan fingerprint density at radius 3 is 2.44 bits per heavy atom. The van der Waals surface area contributed by atoms with Gasteiger partial charge in [-0.05, 0) is 37.3 Å². The maximum absolute atomic E-state index is 11.6. The van der Waals surface area contributed by atoms with Crippen molar-refractivity contribution in [1.29, 1.82) is 0 Å². The molecule has 0 saturated heterocycles. The fraction of sp³-hybridized carbons (Fsp3) is 0.500. The third-order valence-corrected chi connectivity index (χ3v) is 3.23. The van der Waals surface area contributed by atoms with E-state index in [-0.39, 0.29) is 5.91 Å². The van der Waals surface area contributed by atoms with Gasteiger partial charge < -0.3 is 11.1 Å². The molecule has 0 saturated carbocycles. The maximum atomic E-state index is 11.6. The smallest absolute Gasteiger partial charge is 0.222 e. The van der Waals surface area contributed by atoms with Gasteiger partial charge in [-0.25, -0.2) is 0 Å². The molecule has 0 atom stereocenters. The van der Waals surface area contributed by atoms with Gasteiger partial charge in [0.2, 0.25) is 5.91 Å². The zero-order chi connectivity index (χ0) is 13.6. The highest BCUT2D eigenvalue weighted by Gasteiger charge is 2.15. The third-order valence-electron chi connectivity index (χ3n) is 2.34. The van der Waals surface area contributed by atoms with Crippen LogP contribution in [-0.4, -0.2) is 17.2 Å². The molecule has 100 valence electrons. The fourth-order valence-electron chi connectivity index (χ4n) is 1.55. The Morgan fingerprint density at radius 1 is 1.33 bits per heavy atom. The number of carbonyl (C=O) groups is 1. The highest BCUT2D eigenvalue weighted by molar-refractivity contribution is 7.99. The standard InChI is InChI=1S/C14H22N2OS/c1-4-18-12-7-5-11(6-8-12)10-16-13(17)9-14(2,3)15/h5-8H,4,9-10,15H2,1-3H3,(H,16,17). The molecule has 1 aromatic carbocycles. The number of nitrogens with one attached hydrogen (secondary N) is 1. The predicted molar refractivity (Wildman–Crippen MR) is 77.6 cm³/mol. The summed E-state index contributed by atoms with van der Waals surface area (Å²) in [5, 5.41) is 2.88. The largest absolute Gasteiger partial charge is 0.352 e. The van der Waals surface area contributed by atoms with Gasteiger partial charge in [-0.2, -0.15) is 0 Å². The molecular weight excluding hydrogens is 244 g/mol. The summed E-state index contributed by atoms with van der Waals surface area (Å²) in [6.07, 6.45) is 0.344. The van der Waals surface area contributed by atoms with Crippen LogP contribution in [0.25, 0.3) is 0 Å². The summed E-state index contributed by atoms with van der Waals surface area (Å²) in [7, 11) is 0. The van der Waals surface area contributed by atoms with Crippen molar-refractivity contribution < 1.29 is 4.79 Å². The first-order valence-electron chi connectivity index (χ1n) is 6.18. The Morgan fingerprint density at radius 2 is 1.94 bits per heavy atom. The van der Waals surface area contributed by atoms with E-state index in [0.29, 0.717) is 13.0 Å². The normalized spacial score (nSPS) is 11.3. The van der Waals surface area contributed by atoms with Crippen molar-refractivity contribution >= 4 is 17.7 Å². The van der Waals surface area contributed by atoms with Gasteiger partial charge in [-0.15, -0.1) is 11.8 Å². The maximum Gasteiger partial charge on any atom is 0.222 e. The van der Waals surface area contributed by atoms with E-state index in [1.54, 1.807) is 0 Å². The summed E-state index contributed by atoms with van der Waals surface area (Å²) in [5.41, 5.74) is 6.45. The lowest BCUT2D eigenvalue weighted by Gasteiger charge is -2.17. The molecule has 0 unspecified atom stereocenters. The monoisotopic (exact) mass is 266 g/mol. The highest BCUT2D eigenvalue weighted by Crippen LogP contribution is 2.17. The molecule has 4 heteroatoms. The van der Waals surface area contributed by atoms with Gasteiger partial charge in [0.15, 0.2) is 0 Å². The summed E-state index contributed by atoms with van der Waals surface area (Å²) in [5.74, 6) is 1.07. The molecule has 0 aliphatic rings. The SMILES string of the molecule is CCSc1ccc(CNC(=O)CC(C)(C)N)cc1. The van der Waals surface area contributed by atoms with Crippen molar-refractivity contribution in [2.75, 3.05) is 5.75 Å². The van der Waals surface area contributed by atoms with Crippen LogP contribution in [0.1, 0.15) is 32.8 Å². The van der Waals surface area contributed by atoms with Gasteiger partial charge in [0, 0.05) is 23.4 Å². The molecule has 1 amide bonds. The van der Waals surface area contributed by atoms with Crippen molar-refractivity contribution in [2.45, 2.75) is 44.2 Å². The molecule has 0 aliphatic heterocycles. The predicted octanol–water partition coefficient (Wildman–Crippen LogP) is 2.54. The molecule has 0 spiro atoms. The number of benzene rings is 1. The molecule has 0 aliphatic carbocycles. The Bertz CT molecular complexity index is 382. The lowest BCUT2D eigenvalue weighted by atomic mass is 10.0. The second-order valence-corrected chi connectivity index (χ2v) is 6.36. The van der Waals surface area contributed by atoms with E-state index >= 15 is 0 Å². The molecule has 0 radical (unpaired) electrons. The van der Waals surface area contributed by atoms with Gasteiger partial charge >= 0.3 is 0 Å². The Labute approximate surface area is 114 Å². The van der Waals surface area contributed by atoms with E-state index in [9.17, 15) is 4.79 Å². The number of hydrogen-bond donors (Lipinski definition) is 2. The number of amides is 1. The summed E-state index contributed by atoms with van der Waals surface area (Å²) in [6, 6.07) is 8.27. The zero-order valence-electron chi connectivity index (χ0n) is 11.3. The van der Waals surface area contributed by atoms with Gasteiger partial charge in [-0.1, -0.05) is 19.1 Å². The molecule has 0 bridgehead atoms. The topological polar surface area (TPSA) is 55.1 Å². The average Bonchev–Trinajstić information content (AvgIpc) is 2.26. The van der Waals surface area contributed by atoms with Crippen LogP contribution in [0.2, 0.25) is 0 Å². The van der Waals surface area contributed by atoms with E-state index < -0.39 is 5.54 Å². The fourth-order valence-corrected chi connectivity index (χ4v) is 2.21. The zero-order valence-corrected chi connectivity index (χ0v) is 12.1. The Balaban J connectivity index is 2.41. The van der Waals surface area contributed by atoms with Crippen LogP contribution in [0.4, 0.5) is 0 Å². The highest BCUT2D eigenvalue weighted by atomic mass is 32.2. The minimum absolute atomic E-state index is 0.00508. The number of rotatable bonds is 6. The van der Waals surface area contributed by atoms with Crippen LogP contribution >= 0.6 is 11.8 Å². The second-order valence-electron chi connectivity index (χ2n) is 5.02. The quantitative estimate of drug-likeness (QED) is 0.778. The molecule has 0 aromatic heterocycles. The summed E-state index contributed by atoms with van der Waals surface area (Å²) in [4.78, 5) is 12.9.